The summed E-state index contributed by atoms with van der Waals surface area (Å²) in [5.74, 6) is 0.955. The van der Waals surface area contributed by atoms with Gasteiger partial charge in [-0.05, 0) is 44.9 Å². The fourth-order valence-corrected chi connectivity index (χ4v) is 3.66. The molecule has 27 heavy (non-hydrogen) atoms. The van der Waals surface area contributed by atoms with Gasteiger partial charge in [-0.3, -0.25) is 9.20 Å². The Morgan fingerprint density at radius 3 is 2.74 bits per heavy atom. The lowest BCUT2D eigenvalue weighted by atomic mass is 10.1. The smallest absolute Gasteiger partial charge is 0.278 e. The van der Waals surface area contributed by atoms with Crippen molar-refractivity contribution in [3.63, 3.8) is 0 Å². The first kappa shape index (κ1) is 16.5. The van der Waals surface area contributed by atoms with Gasteiger partial charge < -0.3 is 9.09 Å². The van der Waals surface area contributed by atoms with Crippen LogP contribution >= 0.6 is 11.6 Å². The van der Waals surface area contributed by atoms with Crippen LogP contribution in [0.15, 0.2) is 33.8 Å². The first-order valence-electron chi connectivity index (χ1n) is 8.94. The number of nitrogens with zero attached hydrogens (tertiary/aromatic N) is 5. The number of imidazole rings is 1. The molecule has 0 saturated heterocycles. The van der Waals surface area contributed by atoms with Gasteiger partial charge in [0.25, 0.3) is 5.56 Å². The lowest BCUT2D eigenvalue weighted by Gasteiger charge is -2.15. The zero-order valence-corrected chi connectivity index (χ0v) is 16.0. The second kappa shape index (κ2) is 5.42. The summed E-state index contributed by atoms with van der Waals surface area (Å²) in [4.78, 5) is 22.3. The molecule has 1 aromatic carbocycles. The van der Waals surface area contributed by atoms with E-state index >= 15 is 0 Å². The molecule has 7 nitrogen and oxygen atoms in total. The second-order valence-electron chi connectivity index (χ2n) is 7.70. The van der Waals surface area contributed by atoms with Gasteiger partial charge in [0.15, 0.2) is 0 Å². The third-order valence-corrected chi connectivity index (χ3v) is 5.55. The highest BCUT2D eigenvalue weighted by Gasteiger charge is 2.44. The fraction of sp³-hybridized carbons (Fsp3) is 0.368. The summed E-state index contributed by atoms with van der Waals surface area (Å²) in [6.07, 6.45) is 3.69. The highest BCUT2D eigenvalue weighted by Crippen LogP contribution is 2.47. The van der Waals surface area contributed by atoms with E-state index in [0.29, 0.717) is 27.9 Å². The SMILES string of the molecule is CC(C)n1c(=O)c2c(-c3noc(C4(C)CC4)n3)ncn2c2ccc(Cl)cc21. The van der Waals surface area contributed by atoms with Crippen molar-refractivity contribution in [2.75, 3.05) is 0 Å². The Morgan fingerprint density at radius 2 is 2.04 bits per heavy atom. The van der Waals surface area contributed by atoms with Gasteiger partial charge in [-0.2, -0.15) is 4.98 Å². The zero-order valence-electron chi connectivity index (χ0n) is 15.2. The van der Waals surface area contributed by atoms with Crippen LogP contribution in [0.2, 0.25) is 5.02 Å². The maximum Gasteiger partial charge on any atom is 0.278 e. The Bertz CT molecular complexity index is 1260. The first-order valence-corrected chi connectivity index (χ1v) is 9.32. The molecule has 0 bridgehead atoms. The molecule has 138 valence electrons. The molecule has 0 aliphatic heterocycles. The molecule has 1 aliphatic rings. The van der Waals surface area contributed by atoms with Crippen molar-refractivity contribution in [2.45, 2.75) is 45.1 Å². The largest absolute Gasteiger partial charge is 0.338 e. The van der Waals surface area contributed by atoms with Crippen molar-refractivity contribution in [3.05, 3.63) is 45.8 Å². The van der Waals surface area contributed by atoms with Crippen LogP contribution in [-0.4, -0.2) is 24.1 Å². The van der Waals surface area contributed by atoms with E-state index in [-0.39, 0.29) is 17.0 Å². The van der Waals surface area contributed by atoms with Gasteiger partial charge in [-0.1, -0.05) is 23.7 Å². The van der Waals surface area contributed by atoms with Crippen LogP contribution in [0.25, 0.3) is 28.1 Å². The molecule has 0 spiro atoms. The topological polar surface area (TPSA) is 78.2 Å². The van der Waals surface area contributed by atoms with E-state index in [9.17, 15) is 4.79 Å². The molecule has 0 amide bonds. The van der Waals surface area contributed by atoms with Gasteiger partial charge >= 0.3 is 0 Å². The van der Waals surface area contributed by atoms with Crippen LogP contribution in [0.1, 0.15) is 45.5 Å². The van der Waals surface area contributed by atoms with Crippen molar-refractivity contribution in [3.8, 4) is 11.5 Å². The third-order valence-electron chi connectivity index (χ3n) is 5.32. The van der Waals surface area contributed by atoms with Crippen LogP contribution < -0.4 is 5.56 Å². The van der Waals surface area contributed by atoms with Gasteiger partial charge in [0.1, 0.15) is 17.5 Å². The molecule has 0 unspecified atom stereocenters. The van der Waals surface area contributed by atoms with E-state index in [1.165, 1.54) is 0 Å². The maximum atomic E-state index is 13.3. The summed E-state index contributed by atoms with van der Waals surface area (Å²) in [5.41, 5.74) is 2.29. The quantitative estimate of drug-likeness (QED) is 0.534. The maximum absolute atomic E-state index is 13.3. The highest BCUT2D eigenvalue weighted by molar-refractivity contribution is 6.31. The average molecular weight is 384 g/mol. The summed E-state index contributed by atoms with van der Waals surface area (Å²) in [5, 5.41) is 4.67. The summed E-state index contributed by atoms with van der Waals surface area (Å²) in [6, 6.07) is 5.45. The highest BCUT2D eigenvalue weighted by atomic mass is 35.5. The fourth-order valence-electron chi connectivity index (χ4n) is 3.49. The number of fused-ring (bicyclic) bond motifs is 3. The summed E-state index contributed by atoms with van der Waals surface area (Å²) in [6.45, 7) is 6.03. The van der Waals surface area contributed by atoms with E-state index in [2.05, 4.69) is 22.0 Å². The van der Waals surface area contributed by atoms with Gasteiger partial charge in [-0.15, -0.1) is 0 Å². The van der Waals surface area contributed by atoms with E-state index in [0.717, 1.165) is 23.9 Å². The summed E-state index contributed by atoms with van der Waals surface area (Å²) < 4.78 is 8.95. The number of aromatic nitrogens is 5. The van der Waals surface area contributed by atoms with Gasteiger partial charge in [0, 0.05) is 16.5 Å². The molecule has 1 fully saturated rings. The number of benzene rings is 1. The Hall–Kier alpha value is -2.67. The summed E-state index contributed by atoms with van der Waals surface area (Å²) >= 11 is 6.18. The van der Waals surface area contributed by atoms with E-state index < -0.39 is 0 Å². The molecule has 4 aromatic rings. The van der Waals surface area contributed by atoms with Crippen LogP contribution in [0.4, 0.5) is 0 Å². The molecule has 3 heterocycles. The Balaban J connectivity index is 1.83. The number of rotatable bonds is 3. The molecule has 8 heteroatoms. The molecule has 5 rings (SSSR count). The standard InChI is InChI=1S/C19H18ClN5O2/c1-10(2)25-13-8-11(20)4-5-12(13)24-9-21-14(15(24)17(25)26)16-22-18(27-23-16)19(3)6-7-19/h4-5,8-10H,6-7H2,1-3H3. The third kappa shape index (κ3) is 2.34. The average Bonchev–Trinajstić information content (AvgIpc) is 3.05. The molecule has 0 radical (unpaired) electrons. The van der Waals surface area contributed by atoms with Crippen molar-refractivity contribution in [2.24, 2.45) is 0 Å². The van der Waals surface area contributed by atoms with E-state index in [4.69, 9.17) is 16.1 Å². The predicted octanol–water partition coefficient (Wildman–Crippen LogP) is 3.99. The van der Waals surface area contributed by atoms with E-state index in [1.54, 1.807) is 27.4 Å². The number of hydrogen-bond donors (Lipinski definition) is 0. The molecule has 0 N–H and O–H groups in total. The lowest BCUT2D eigenvalue weighted by Crippen LogP contribution is -2.24. The van der Waals surface area contributed by atoms with Gasteiger partial charge in [0.05, 0.1) is 11.0 Å². The van der Waals surface area contributed by atoms with Gasteiger partial charge in [-0.25, -0.2) is 4.98 Å². The number of halogens is 1. The molecule has 3 aromatic heterocycles. The minimum absolute atomic E-state index is 0.0393. The Kier molecular flexibility index (Phi) is 3.31. The minimum Gasteiger partial charge on any atom is -0.338 e. The minimum atomic E-state index is -0.156. The first-order chi connectivity index (χ1) is 12.9. The summed E-state index contributed by atoms with van der Waals surface area (Å²) in [7, 11) is 0. The van der Waals surface area contributed by atoms with Crippen LogP contribution in [0.5, 0.6) is 0 Å². The second-order valence-corrected chi connectivity index (χ2v) is 8.13. The van der Waals surface area contributed by atoms with Crippen LogP contribution in [-0.2, 0) is 5.41 Å². The van der Waals surface area contributed by atoms with Crippen LogP contribution in [0, 0.1) is 0 Å². The molecule has 1 saturated carbocycles. The Labute approximate surface area is 159 Å². The number of hydrogen-bond acceptors (Lipinski definition) is 5. The predicted molar refractivity (Wildman–Crippen MR) is 102 cm³/mol. The van der Waals surface area contributed by atoms with E-state index in [1.807, 2.05) is 19.9 Å². The molecular formula is C19H18ClN5O2. The molecule has 1 aliphatic carbocycles. The molecular weight excluding hydrogens is 366 g/mol. The lowest BCUT2D eigenvalue weighted by molar-refractivity contribution is 0.353. The van der Waals surface area contributed by atoms with Crippen molar-refractivity contribution in [1.82, 2.24) is 24.1 Å². The monoisotopic (exact) mass is 383 g/mol. The van der Waals surface area contributed by atoms with Crippen molar-refractivity contribution < 1.29 is 4.52 Å². The Morgan fingerprint density at radius 1 is 1.26 bits per heavy atom. The van der Waals surface area contributed by atoms with Crippen molar-refractivity contribution in [1.29, 1.82) is 0 Å². The molecule has 0 atom stereocenters. The van der Waals surface area contributed by atoms with Crippen molar-refractivity contribution >= 4 is 28.2 Å². The zero-order chi connectivity index (χ0) is 18.9. The van der Waals surface area contributed by atoms with Crippen LogP contribution in [0.3, 0.4) is 0 Å². The normalized spacial score (nSPS) is 15.9. The van der Waals surface area contributed by atoms with Gasteiger partial charge in [0.2, 0.25) is 11.7 Å².